The van der Waals surface area contributed by atoms with Crippen LogP contribution < -0.4 is 9.64 Å². The molecule has 3 nitrogen and oxygen atoms in total. The monoisotopic (exact) mass is 795 g/mol. The van der Waals surface area contributed by atoms with E-state index in [9.17, 15) is 0 Å². The number of hydrogen-bond donors (Lipinski definition) is 0. The first-order valence-electron chi connectivity index (χ1n) is 21.3. The number of ether oxygens (including phenoxy) is 1. The van der Waals surface area contributed by atoms with Crippen molar-refractivity contribution in [1.82, 2.24) is 0 Å². The molecule has 12 rings (SSSR count). The minimum atomic E-state index is -0.732. The number of benzene rings is 9. The van der Waals surface area contributed by atoms with Crippen molar-refractivity contribution in [1.29, 1.82) is 0 Å². The number of para-hydroxylation sites is 3. The normalized spacial score (nSPS) is 15.1. The first kappa shape index (κ1) is 36.0. The standard InChI is InChI=1S/C59H41NO2/c1-4-47-57(39-20-14-18-37(2)36-39)62-58-44-27-15-19-38(3)41(44)34-35-50(58)59(47)48-28-11-8-24-45(48)55-43(26-16-29-49(55)59)42-23-9-12-30-51(42)60(40-21-6-5-7-22-40)52-31-17-33-54-56(52)46-25-10-13-32-53(46)61-54/h4-36H,1H2,2-3H3. The van der Waals surface area contributed by atoms with Crippen LogP contribution in [0.1, 0.15) is 33.4 Å². The second-order valence-corrected chi connectivity index (χ2v) is 16.5. The van der Waals surface area contributed by atoms with Crippen LogP contribution in [0.5, 0.6) is 5.75 Å². The zero-order valence-corrected chi connectivity index (χ0v) is 34.5. The molecule has 0 bridgehead atoms. The van der Waals surface area contributed by atoms with Gasteiger partial charge in [0, 0.05) is 38.7 Å². The Kier molecular flexibility index (Phi) is 8.04. The molecule has 1 atom stereocenters. The van der Waals surface area contributed by atoms with E-state index in [0.29, 0.717) is 0 Å². The van der Waals surface area contributed by atoms with Gasteiger partial charge >= 0.3 is 0 Å². The van der Waals surface area contributed by atoms with E-state index in [-0.39, 0.29) is 0 Å². The number of rotatable bonds is 6. The van der Waals surface area contributed by atoms with E-state index in [1.807, 2.05) is 12.1 Å². The highest BCUT2D eigenvalue weighted by atomic mass is 16.5. The Hall–Kier alpha value is -7.88. The molecule has 1 aliphatic carbocycles. The SMILES string of the molecule is C=CC1=C(c2cccc(C)c2)Oc2c(ccc3c(C)cccc23)C12c1ccccc1-c1c(-c3ccccc3N(c3ccccc3)c3cccc4oc5ccccc5c34)cccc12. The number of fused-ring (bicyclic) bond motifs is 12. The van der Waals surface area contributed by atoms with Crippen molar-refractivity contribution < 1.29 is 9.15 Å². The van der Waals surface area contributed by atoms with Gasteiger partial charge in [0.15, 0.2) is 0 Å². The summed E-state index contributed by atoms with van der Waals surface area (Å²) in [4.78, 5) is 2.40. The largest absolute Gasteiger partial charge is 0.456 e. The van der Waals surface area contributed by atoms with Crippen LogP contribution in [-0.2, 0) is 5.41 Å². The Labute approximate surface area is 361 Å². The molecule has 294 valence electrons. The average molecular weight is 796 g/mol. The Morgan fingerprint density at radius 1 is 0.516 bits per heavy atom. The van der Waals surface area contributed by atoms with E-state index in [1.165, 1.54) is 38.8 Å². The lowest BCUT2D eigenvalue weighted by molar-refractivity contribution is 0.476. The number of nitrogens with zero attached hydrogens (tertiary/aromatic N) is 1. The van der Waals surface area contributed by atoms with E-state index in [2.05, 4.69) is 213 Å². The third-order valence-corrected chi connectivity index (χ3v) is 13.1. The molecule has 0 N–H and O–H groups in total. The fourth-order valence-electron chi connectivity index (χ4n) is 10.6. The van der Waals surface area contributed by atoms with Crippen molar-refractivity contribution >= 4 is 55.5 Å². The number of anilines is 3. The molecule has 1 aromatic heterocycles. The molecule has 1 aliphatic heterocycles. The van der Waals surface area contributed by atoms with Crippen molar-refractivity contribution in [2.75, 3.05) is 4.90 Å². The zero-order valence-electron chi connectivity index (χ0n) is 34.5. The Morgan fingerprint density at radius 2 is 1.19 bits per heavy atom. The highest BCUT2D eigenvalue weighted by Gasteiger charge is 2.52. The highest BCUT2D eigenvalue weighted by Crippen LogP contribution is 2.64. The molecule has 1 unspecified atom stereocenters. The summed E-state index contributed by atoms with van der Waals surface area (Å²) < 4.78 is 13.8. The summed E-state index contributed by atoms with van der Waals surface area (Å²) in [7, 11) is 0. The minimum absolute atomic E-state index is 0.732. The lowest BCUT2D eigenvalue weighted by atomic mass is 9.64. The lowest BCUT2D eigenvalue weighted by Gasteiger charge is -2.41. The summed E-state index contributed by atoms with van der Waals surface area (Å²) in [5.41, 5.74) is 16.8. The van der Waals surface area contributed by atoms with Crippen LogP contribution in [0.15, 0.2) is 217 Å². The van der Waals surface area contributed by atoms with E-state index >= 15 is 0 Å². The molecule has 2 heterocycles. The van der Waals surface area contributed by atoms with Gasteiger partial charge in [0.25, 0.3) is 0 Å². The summed E-state index contributed by atoms with van der Waals surface area (Å²) in [6, 6.07) is 69.9. The van der Waals surface area contributed by atoms with Crippen LogP contribution in [0.3, 0.4) is 0 Å². The van der Waals surface area contributed by atoms with E-state index < -0.39 is 5.41 Å². The quantitative estimate of drug-likeness (QED) is 0.168. The third-order valence-electron chi connectivity index (χ3n) is 13.1. The van der Waals surface area contributed by atoms with Crippen LogP contribution in [0, 0.1) is 13.8 Å². The molecule has 3 heteroatoms. The summed E-state index contributed by atoms with van der Waals surface area (Å²) in [6.07, 6.45) is 2.04. The van der Waals surface area contributed by atoms with Gasteiger partial charge in [-0.15, -0.1) is 0 Å². The Morgan fingerprint density at radius 3 is 2.06 bits per heavy atom. The predicted molar refractivity (Wildman–Crippen MR) is 257 cm³/mol. The number of aryl methyl sites for hydroxylation is 2. The third kappa shape index (κ3) is 5.06. The zero-order chi connectivity index (χ0) is 41.5. The summed E-state index contributed by atoms with van der Waals surface area (Å²) in [5, 5.41) is 4.45. The van der Waals surface area contributed by atoms with Crippen molar-refractivity contribution in [3.63, 3.8) is 0 Å². The fraction of sp³-hybridized carbons (Fsp3) is 0.0508. The number of hydrogen-bond acceptors (Lipinski definition) is 3. The molecule has 9 aromatic carbocycles. The molecule has 0 radical (unpaired) electrons. The molecule has 1 spiro atoms. The maximum absolute atomic E-state index is 7.28. The van der Waals surface area contributed by atoms with Gasteiger partial charge in [-0.1, -0.05) is 170 Å². The Balaban J connectivity index is 1.18. The summed E-state index contributed by atoms with van der Waals surface area (Å²) >= 11 is 0. The Bertz CT molecular complexity index is 3500. The molecule has 2 aliphatic rings. The smallest absolute Gasteiger partial charge is 0.140 e. The van der Waals surface area contributed by atoms with Crippen LogP contribution in [-0.4, -0.2) is 0 Å². The molecular formula is C59H41NO2. The van der Waals surface area contributed by atoms with Crippen molar-refractivity contribution in [2.24, 2.45) is 0 Å². The maximum atomic E-state index is 7.28. The number of allylic oxidation sites excluding steroid dienone is 2. The molecule has 0 saturated carbocycles. The van der Waals surface area contributed by atoms with Crippen molar-refractivity contribution in [3.8, 4) is 28.0 Å². The van der Waals surface area contributed by atoms with Crippen LogP contribution in [0.25, 0.3) is 60.7 Å². The molecule has 0 fully saturated rings. The maximum Gasteiger partial charge on any atom is 0.140 e. The molecule has 0 amide bonds. The highest BCUT2D eigenvalue weighted by molar-refractivity contribution is 6.14. The lowest BCUT2D eigenvalue weighted by Crippen LogP contribution is -2.34. The van der Waals surface area contributed by atoms with Crippen LogP contribution in [0.4, 0.5) is 17.1 Å². The fourth-order valence-corrected chi connectivity index (χ4v) is 10.6. The predicted octanol–water partition coefficient (Wildman–Crippen LogP) is 15.8. The van der Waals surface area contributed by atoms with Gasteiger partial charge < -0.3 is 14.1 Å². The topological polar surface area (TPSA) is 25.6 Å². The van der Waals surface area contributed by atoms with E-state index in [0.717, 1.165) is 83.7 Å². The minimum Gasteiger partial charge on any atom is -0.456 e. The molecular weight excluding hydrogens is 755 g/mol. The molecule has 10 aromatic rings. The summed E-state index contributed by atoms with van der Waals surface area (Å²) in [6.45, 7) is 8.89. The van der Waals surface area contributed by atoms with E-state index in [4.69, 9.17) is 9.15 Å². The van der Waals surface area contributed by atoms with Gasteiger partial charge in [-0.25, -0.2) is 0 Å². The van der Waals surface area contributed by atoms with Gasteiger partial charge in [0.1, 0.15) is 22.7 Å². The summed E-state index contributed by atoms with van der Waals surface area (Å²) in [5.74, 6) is 1.71. The van der Waals surface area contributed by atoms with E-state index in [1.54, 1.807) is 0 Å². The second-order valence-electron chi connectivity index (χ2n) is 16.5. The van der Waals surface area contributed by atoms with Gasteiger partial charge in [-0.2, -0.15) is 0 Å². The van der Waals surface area contributed by atoms with Crippen molar-refractivity contribution in [3.05, 3.63) is 246 Å². The van der Waals surface area contributed by atoms with Gasteiger partial charge in [-0.3, -0.25) is 0 Å². The first-order chi connectivity index (χ1) is 30.6. The van der Waals surface area contributed by atoms with Gasteiger partial charge in [0.05, 0.1) is 22.2 Å². The first-order valence-corrected chi connectivity index (χ1v) is 21.3. The molecule has 62 heavy (non-hydrogen) atoms. The van der Waals surface area contributed by atoms with Crippen molar-refractivity contribution in [2.45, 2.75) is 19.3 Å². The van der Waals surface area contributed by atoms with Gasteiger partial charge in [-0.05, 0) is 95.1 Å². The number of furan rings is 1. The average Bonchev–Trinajstić information content (AvgIpc) is 3.84. The van der Waals surface area contributed by atoms with Crippen LogP contribution >= 0.6 is 0 Å². The van der Waals surface area contributed by atoms with Gasteiger partial charge in [0.2, 0.25) is 0 Å². The van der Waals surface area contributed by atoms with Crippen LogP contribution in [0.2, 0.25) is 0 Å². The molecule has 0 saturated heterocycles. The second kappa shape index (κ2) is 13.8.